The monoisotopic (exact) mass is 271 g/mol. The molecular formula is C15H29NO3. The molecule has 4 nitrogen and oxygen atoms in total. The van der Waals surface area contributed by atoms with Gasteiger partial charge >= 0.3 is 5.97 Å². The fraction of sp³-hybridized carbons (Fsp3) is 0.867. The molecule has 0 aliphatic heterocycles. The number of unbranched alkanes of at least 4 members (excludes halogenated alkanes) is 2. The van der Waals surface area contributed by atoms with E-state index in [0.717, 1.165) is 25.8 Å². The maximum absolute atomic E-state index is 11.8. The van der Waals surface area contributed by atoms with E-state index in [2.05, 4.69) is 6.92 Å². The van der Waals surface area contributed by atoms with Crippen LogP contribution >= 0.6 is 0 Å². The summed E-state index contributed by atoms with van der Waals surface area (Å²) < 4.78 is 5.32. The van der Waals surface area contributed by atoms with Gasteiger partial charge in [-0.15, -0.1) is 0 Å². The first-order valence-corrected chi connectivity index (χ1v) is 7.18. The number of esters is 1. The van der Waals surface area contributed by atoms with Crippen LogP contribution in [0.4, 0.5) is 0 Å². The molecule has 19 heavy (non-hydrogen) atoms. The lowest BCUT2D eigenvalue weighted by molar-refractivity contribution is -0.156. The molecular weight excluding hydrogens is 242 g/mol. The summed E-state index contributed by atoms with van der Waals surface area (Å²) in [5.74, 6) is -0.0581. The minimum Gasteiger partial charge on any atom is -0.459 e. The van der Waals surface area contributed by atoms with Crippen LogP contribution < -0.4 is 0 Å². The number of nitrogens with zero attached hydrogens (tertiary/aromatic N) is 1. The molecule has 0 N–H and O–H groups in total. The number of Topliss-reactive ketones (excluding diaryl/α,β-unsaturated/α-hetero) is 1. The van der Waals surface area contributed by atoms with Gasteiger partial charge in [0.2, 0.25) is 0 Å². The van der Waals surface area contributed by atoms with Gasteiger partial charge in [-0.05, 0) is 40.7 Å². The summed E-state index contributed by atoms with van der Waals surface area (Å²) in [7, 11) is 0. The molecule has 0 aliphatic carbocycles. The molecule has 112 valence electrons. The summed E-state index contributed by atoms with van der Waals surface area (Å²) in [5.41, 5.74) is -0.452. The molecule has 0 fully saturated rings. The number of carbonyl (C=O) groups excluding carboxylic acids is 2. The third-order valence-corrected chi connectivity index (χ3v) is 2.63. The number of ketones is 1. The predicted molar refractivity (Wildman–Crippen MR) is 77.1 cm³/mol. The summed E-state index contributed by atoms with van der Waals surface area (Å²) in [6.45, 7) is 11.1. The van der Waals surface area contributed by atoms with E-state index in [-0.39, 0.29) is 18.3 Å². The number of carbonyl (C=O) groups is 2. The lowest BCUT2D eigenvalue weighted by Crippen LogP contribution is -2.36. The summed E-state index contributed by atoms with van der Waals surface area (Å²) >= 11 is 0. The van der Waals surface area contributed by atoms with Crippen LogP contribution in [0, 0.1) is 0 Å². The zero-order valence-electron chi connectivity index (χ0n) is 13.1. The Bertz CT molecular complexity index is 282. The Labute approximate surface area is 117 Å². The molecule has 4 heteroatoms. The summed E-state index contributed by atoms with van der Waals surface area (Å²) in [6, 6.07) is 0. The quantitative estimate of drug-likeness (QED) is 0.478. The van der Waals surface area contributed by atoms with E-state index in [0.29, 0.717) is 13.0 Å². The Hall–Kier alpha value is -0.900. The molecule has 0 heterocycles. The molecule has 0 aromatic heterocycles. The van der Waals surface area contributed by atoms with Crippen molar-refractivity contribution in [2.24, 2.45) is 0 Å². The lowest BCUT2D eigenvalue weighted by Gasteiger charge is -2.24. The molecule has 0 aliphatic rings. The van der Waals surface area contributed by atoms with Crippen LogP contribution in [0.25, 0.3) is 0 Å². The molecule has 0 rings (SSSR count). The van der Waals surface area contributed by atoms with Gasteiger partial charge < -0.3 is 4.74 Å². The van der Waals surface area contributed by atoms with Crippen molar-refractivity contribution in [1.29, 1.82) is 0 Å². The van der Waals surface area contributed by atoms with Crippen molar-refractivity contribution in [2.45, 2.75) is 65.9 Å². The van der Waals surface area contributed by atoms with E-state index in [1.807, 2.05) is 25.7 Å². The Balaban J connectivity index is 4.22. The number of ether oxygens (including phenoxy) is 1. The van der Waals surface area contributed by atoms with Crippen molar-refractivity contribution in [3.05, 3.63) is 0 Å². The van der Waals surface area contributed by atoms with Gasteiger partial charge in [-0.1, -0.05) is 19.8 Å². The average molecular weight is 271 g/mol. The molecule has 0 saturated heterocycles. The van der Waals surface area contributed by atoms with Gasteiger partial charge in [0.25, 0.3) is 0 Å². The third kappa shape index (κ3) is 11.9. The van der Waals surface area contributed by atoms with E-state index in [4.69, 9.17) is 4.74 Å². The van der Waals surface area contributed by atoms with Crippen LogP contribution in [0.5, 0.6) is 0 Å². The SMILES string of the molecule is CCCCCN(CCC(C)=O)CC(=O)OC(C)(C)C. The average Bonchev–Trinajstić information content (AvgIpc) is 2.23. The number of hydrogen-bond acceptors (Lipinski definition) is 4. The Kier molecular flexibility index (Phi) is 8.65. The molecule has 0 amide bonds. The summed E-state index contributed by atoms with van der Waals surface area (Å²) in [4.78, 5) is 24.9. The van der Waals surface area contributed by atoms with Gasteiger partial charge in [0.15, 0.2) is 0 Å². The van der Waals surface area contributed by atoms with Gasteiger partial charge in [0.05, 0.1) is 6.54 Å². The maximum atomic E-state index is 11.8. The second kappa shape index (κ2) is 9.08. The maximum Gasteiger partial charge on any atom is 0.320 e. The smallest absolute Gasteiger partial charge is 0.320 e. The van der Waals surface area contributed by atoms with Gasteiger partial charge in [-0.2, -0.15) is 0 Å². The van der Waals surface area contributed by atoms with Crippen LogP contribution in [0.3, 0.4) is 0 Å². The van der Waals surface area contributed by atoms with E-state index in [9.17, 15) is 9.59 Å². The Morgan fingerprint density at radius 1 is 1.11 bits per heavy atom. The van der Waals surface area contributed by atoms with Crippen LogP contribution in [-0.2, 0) is 14.3 Å². The number of hydrogen-bond donors (Lipinski definition) is 0. The molecule has 0 spiro atoms. The first kappa shape index (κ1) is 18.1. The van der Waals surface area contributed by atoms with E-state index >= 15 is 0 Å². The van der Waals surface area contributed by atoms with Gasteiger partial charge in [-0.25, -0.2) is 0 Å². The van der Waals surface area contributed by atoms with Crippen LogP contribution in [0.1, 0.15) is 60.3 Å². The highest BCUT2D eigenvalue weighted by Crippen LogP contribution is 2.08. The molecule has 0 unspecified atom stereocenters. The fourth-order valence-corrected chi connectivity index (χ4v) is 1.73. The predicted octanol–water partition coefficient (Wildman–Crippen LogP) is 2.80. The first-order valence-electron chi connectivity index (χ1n) is 7.18. The minimum atomic E-state index is -0.452. The fourth-order valence-electron chi connectivity index (χ4n) is 1.73. The lowest BCUT2D eigenvalue weighted by atomic mass is 10.2. The zero-order valence-corrected chi connectivity index (χ0v) is 13.1. The van der Waals surface area contributed by atoms with Crippen molar-refractivity contribution < 1.29 is 14.3 Å². The summed E-state index contributed by atoms with van der Waals surface area (Å²) in [6.07, 6.45) is 3.84. The molecule has 0 aromatic carbocycles. The first-order chi connectivity index (χ1) is 8.74. The molecule has 0 bridgehead atoms. The minimum absolute atomic E-state index is 0.157. The molecule has 0 radical (unpaired) electrons. The third-order valence-electron chi connectivity index (χ3n) is 2.63. The van der Waals surface area contributed by atoms with Crippen molar-refractivity contribution in [3.63, 3.8) is 0 Å². The Morgan fingerprint density at radius 2 is 1.74 bits per heavy atom. The molecule has 0 aromatic rings. The standard InChI is InChI=1S/C15H29NO3/c1-6-7-8-10-16(11-9-13(2)17)12-14(18)19-15(3,4)5/h6-12H2,1-5H3. The van der Waals surface area contributed by atoms with E-state index in [1.165, 1.54) is 0 Å². The van der Waals surface area contributed by atoms with Crippen LogP contribution in [0.15, 0.2) is 0 Å². The van der Waals surface area contributed by atoms with Gasteiger partial charge in [0.1, 0.15) is 11.4 Å². The summed E-state index contributed by atoms with van der Waals surface area (Å²) in [5, 5.41) is 0. The van der Waals surface area contributed by atoms with E-state index in [1.54, 1.807) is 6.92 Å². The Morgan fingerprint density at radius 3 is 2.21 bits per heavy atom. The van der Waals surface area contributed by atoms with Crippen molar-refractivity contribution in [2.75, 3.05) is 19.6 Å². The van der Waals surface area contributed by atoms with E-state index < -0.39 is 5.60 Å². The molecule has 0 saturated carbocycles. The van der Waals surface area contributed by atoms with Gasteiger partial charge in [-0.3, -0.25) is 14.5 Å². The van der Waals surface area contributed by atoms with Crippen molar-refractivity contribution in [1.82, 2.24) is 4.90 Å². The van der Waals surface area contributed by atoms with Gasteiger partial charge in [0, 0.05) is 13.0 Å². The van der Waals surface area contributed by atoms with Crippen LogP contribution in [-0.4, -0.2) is 41.9 Å². The van der Waals surface area contributed by atoms with Crippen molar-refractivity contribution in [3.8, 4) is 0 Å². The second-order valence-corrected chi connectivity index (χ2v) is 6.02. The highest BCUT2D eigenvalue weighted by molar-refractivity contribution is 5.76. The zero-order chi connectivity index (χ0) is 14.9. The second-order valence-electron chi connectivity index (χ2n) is 6.02. The highest BCUT2D eigenvalue weighted by Gasteiger charge is 2.18. The molecule has 0 atom stereocenters. The van der Waals surface area contributed by atoms with Crippen molar-refractivity contribution >= 4 is 11.8 Å². The largest absolute Gasteiger partial charge is 0.459 e. The highest BCUT2D eigenvalue weighted by atomic mass is 16.6. The number of rotatable bonds is 9. The van der Waals surface area contributed by atoms with Crippen LogP contribution in [0.2, 0.25) is 0 Å². The topological polar surface area (TPSA) is 46.6 Å². The normalized spacial score (nSPS) is 11.7.